The van der Waals surface area contributed by atoms with Gasteiger partial charge < -0.3 is 20.4 Å². The molecule has 3 N–H and O–H groups in total. The molecule has 0 radical (unpaired) electrons. The highest BCUT2D eigenvalue weighted by molar-refractivity contribution is 6.40. The van der Waals surface area contributed by atoms with Crippen LogP contribution >= 0.6 is 0 Å². The van der Waals surface area contributed by atoms with Crippen LogP contribution in [0.4, 0.5) is 5.69 Å². The Hall–Kier alpha value is -3.12. The highest BCUT2D eigenvalue weighted by atomic mass is 16.5. The zero-order valence-electron chi connectivity index (χ0n) is 13.8. The number of carbonyl (C=O) groups is 2. The fraction of sp³-hybridized carbons (Fsp3) is 0.158. The van der Waals surface area contributed by atoms with Crippen LogP contribution in [0.1, 0.15) is 11.1 Å². The monoisotopic (exact) mass is 337 g/mol. The van der Waals surface area contributed by atoms with Gasteiger partial charge in [-0.15, -0.1) is 0 Å². The number of fused-ring (bicyclic) bond motifs is 1. The molecule has 0 atom stereocenters. The van der Waals surface area contributed by atoms with Gasteiger partial charge in [-0.3, -0.25) is 9.59 Å². The van der Waals surface area contributed by atoms with Gasteiger partial charge in [-0.25, -0.2) is 0 Å². The number of ether oxygens (including phenoxy) is 1. The van der Waals surface area contributed by atoms with Crippen LogP contribution in [-0.2, 0) is 27.5 Å². The third-order valence-corrected chi connectivity index (χ3v) is 3.80. The number of aromatic amines is 1. The van der Waals surface area contributed by atoms with E-state index in [1.165, 1.54) is 0 Å². The van der Waals surface area contributed by atoms with E-state index < -0.39 is 11.8 Å². The van der Waals surface area contributed by atoms with Crippen LogP contribution in [-0.4, -0.2) is 23.9 Å². The Balaban J connectivity index is 1.60. The van der Waals surface area contributed by atoms with Crippen molar-refractivity contribution in [1.29, 1.82) is 0 Å². The van der Waals surface area contributed by atoms with Crippen molar-refractivity contribution in [3.8, 4) is 0 Å². The number of hydrogen-bond acceptors (Lipinski definition) is 3. The second-order valence-electron chi connectivity index (χ2n) is 5.63. The number of methoxy groups -OCH3 is 1. The molecule has 0 saturated heterocycles. The molecule has 2 aromatic carbocycles. The summed E-state index contributed by atoms with van der Waals surface area (Å²) < 4.78 is 5.09. The molecule has 1 heterocycles. The standard InChI is InChI=1S/C19H19N3O3/c1-25-12-14-5-2-4-13(10-14)11-21-18(23)19(24)22-17-7-3-6-16-15(17)8-9-20-16/h2-10,20H,11-12H2,1H3,(H,21,23)(H,22,24). The number of benzene rings is 2. The van der Waals surface area contributed by atoms with Crippen LogP contribution in [0.25, 0.3) is 10.9 Å². The molecule has 6 nitrogen and oxygen atoms in total. The van der Waals surface area contributed by atoms with E-state index in [-0.39, 0.29) is 6.54 Å². The summed E-state index contributed by atoms with van der Waals surface area (Å²) >= 11 is 0. The largest absolute Gasteiger partial charge is 0.380 e. The van der Waals surface area contributed by atoms with Crippen molar-refractivity contribution in [2.45, 2.75) is 13.2 Å². The lowest BCUT2D eigenvalue weighted by Crippen LogP contribution is -2.35. The number of rotatable bonds is 5. The second kappa shape index (κ2) is 7.63. The van der Waals surface area contributed by atoms with Crippen LogP contribution in [0.5, 0.6) is 0 Å². The van der Waals surface area contributed by atoms with Crippen molar-refractivity contribution in [2.75, 3.05) is 12.4 Å². The zero-order chi connectivity index (χ0) is 17.6. The van der Waals surface area contributed by atoms with Crippen LogP contribution in [0.15, 0.2) is 54.7 Å². The molecule has 1 aromatic heterocycles. The average molecular weight is 337 g/mol. The Bertz CT molecular complexity index is 902. The maximum atomic E-state index is 12.1. The van der Waals surface area contributed by atoms with Crippen LogP contribution in [0.3, 0.4) is 0 Å². The molecule has 0 aliphatic carbocycles. The van der Waals surface area contributed by atoms with E-state index in [0.717, 1.165) is 22.0 Å². The van der Waals surface area contributed by atoms with Crippen molar-refractivity contribution in [3.63, 3.8) is 0 Å². The highest BCUT2D eigenvalue weighted by Gasteiger charge is 2.14. The summed E-state index contributed by atoms with van der Waals surface area (Å²) in [5.41, 5.74) is 3.41. The summed E-state index contributed by atoms with van der Waals surface area (Å²) in [6, 6.07) is 15.0. The molecule has 0 unspecified atom stereocenters. The van der Waals surface area contributed by atoms with E-state index in [2.05, 4.69) is 15.6 Å². The summed E-state index contributed by atoms with van der Waals surface area (Å²) in [7, 11) is 1.63. The lowest BCUT2D eigenvalue weighted by Gasteiger charge is -2.08. The molecule has 0 saturated carbocycles. The molecule has 25 heavy (non-hydrogen) atoms. The SMILES string of the molecule is COCc1cccc(CNC(=O)C(=O)Nc2cccc3[nH]ccc23)c1. The zero-order valence-corrected chi connectivity index (χ0v) is 13.8. The molecule has 0 aliphatic heterocycles. The first-order valence-electron chi connectivity index (χ1n) is 7.89. The second-order valence-corrected chi connectivity index (χ2v) is 5.63. The summed E-state index contributed by atoms with van der Waals surface area (Å²) in [6.45, 7) is 0.779. The van der Waals surface area contributed by atoms with E-state index >= 15 is 0 Å². The molecule has 0 fully saturated rings. The molecule has 0 bridgehead atoms. The quantitative estimate of drug-likeness (QED) is 0.626. The predicted molar refractivity (Wildman–Crippen MR) is 95.9 cm³/mol. The third-order valence-electron chi connectivity index (χ3n) is 3.80. The van der Waals surface area contributed by atoms with E-state index in [1.807, 2.05) is 42.5 Å². The van der Waals surface area contributed by atoms with Crippen molar-refractivity contribution in [3.05, 3.63) is 65.9 Å². The molecule has 6 heteroatoms. The van der Waals surface area contributed by atoms with Gasteiger partial charge in [0, 0.05) is 30.8 Å². The first kappa shape index (κ1) is 16.7. The molecule has 0 spiro atoms. The van der Waals surface area contributed by atoms with Gasteiger partial charge in [0.15, 0.2) is 0 Å². The number of hydrogen-bond donors (Lipinski definition) is 3. The van der Waals surface area contributed by atoms with Gasteiger partial charge in [-0.05, 0) is 29.3 Å². The number of aromatic nitrogens is 1. The Morgan fingerprint density at radius 1 is 1.04 bits per heavy atom. The van der Waals surface area contributed by atoms with Crippen molar-refractivity contribution in [2.24, 2.45) is 0 Å². The number of H-pyrrole nitrogens is 1. The fourth-order valence-corrected chi connectivity index (χ4v) is 2.63. The minimum absolute atomic E-state index is 0.276. The van der Waals surface area contributed by atoms with Gasteiger partial charge in [0.05, 0.1) is 12.3 Å². The molecule has 3 rings (SSSR count). The van der Waals surface area contributed by atoms with E-state index in [1.54, 1.807) is 19.4 Å². The van der Waals surface area contributed by atoms with Crippen LogP contribution in [0.2, 0.25) is 0 Å². The molecule has 0 aliphatic rings. The lowest BCUT2D eigenvalue weighted by molar-refractivity contribution is -0.136. The number of carbonyl (C=O) groups excluding carboxylic acids is 2. The Kier molecular flexibility index (Phi) is 5.11. The Labute approximate surface area is 145 Å². The number of nitrogens with one attached hydrogen (secondary N) is 3. The van der Waals surface area contributed by atoms with E-state index in [4.69, 9.17) is 4.74 Å². The topological polar surface area (TPSA) is 83.2 Å². The van der Waals surface area contributed by atoms with Crippen molar-refractivity contribution < 1.29 is 14.3 Å². The predicted octanol–water partition coefficient (Wildman–Crippen LogP) is 2.57. The first-order chi connectivity index (χ1) is 12.2. The highest BCUT2D eigenvalue weighted by Crippen LogP contribution is 2.21. The Morgan fingerprint density at radius 3 is 2.68 bits per heavy atom. The van der Waals surface area contributed by atoms with Gasteiger partial charge in [0.1, 0.15) is 0 Å². The number of amides is 2. The summed E-state index contributed by atoms with van der Waals surface area (Å²) in [6.07, 6.45) is 1.79. The minimum atomic E-state index is -0.693. The summed E-state index contributed by atoms with van der Waals surface area (Å²) in [5, 5.41) is 6.14. The summed E-state index contributed by atoms with van der Waals surface area (Å²) in [5.74, 6) is -1.37. The van der Waals surface area contributed by atoms with Gasteiger partial charge >= 0.3 is 11.8 Å². The van der Waals surface area contributed by atoms with Crippen molar-refractivity contribution in [1.82, 2.24) is 10.3 Å². The van der Waals surface area contributed by atoms with Crippen LogP contribution in [0, 0.1) is 0 Å². The third kappa shape index (κ3) is 4.05. The number of anilines is 1. The lowest BCUT2D eigenvalue weighted by atomic mass is 10.1. The average Bonchev–Trinajstić information content (AvgIpc) is 3.10. The summed E-state index contributed by atoms with van der Waals surface area (Å²) in [4.78, 5) is 27.2. The first-order valence-corrected chi connectivity index (χ1v) is 7.89. The van der Waals surface area contributed by atoms with Crippen molar-refractivity contribution >= 4 is 28.4 Å². The minimum Gasteiger partial charge on any atom is -0.380 e. The molecule has 2 amide bonds. The van der Waals surface area contributed by atoms with E-state index in [0.29, 0.717) is 12.3 Å². The van der Waals surface area contributed by atoms with Gasteiger partial charge in [0.25, 0.3) is 0 Å². The maximum absolute atomic E-state index is 12.1. The molecular formula is C19H19N3O3. The molecule has 3 aromatic rings. The smallest absolute Gasteiger partial charge is 0.313 e. The Morgan fingerprint density at radius 2 is 1.84 bits per heavy atom. The normalized spacial score (nSPS) is 10.6. The van der Waals surface area contributed by atoms with Gasteiger partial charge in [0.2, 0.25) is 0 Å². The van der Waals surface area contributed by atoms with E-state index in [9.17, 15) is 9.59 Å². The molecular weight excluding hydrogens is 318 g/mol. The van der Waals surface area contributed by atoms with Gasteiger partial charge in [-0.2, -0.15) is 0 Å². The van der Waals surface area contributed by atoms with Gasteiger partial charge in [-0.1, -0.05) is 30.3 Å². The molecule has 128 valence electrons. The maximum Gasteiger partial charge on any atom is 0.313 e. The fourth-order valence-electron chi connectivity index (χ4n) is 2.63. The van der Waals surface area contributed by atoms with Crippen LogP contribution < -0.4 is 10.6 Å².